The van der Waals surface area contributed by atoms with Gasteiger partial charge in [-0.1, -0.05) is 6.42 Å². The summed E-state index contributed by atoms with van der Waals surface area (Å²) in [4.78, 5) is 36.1. The Labute approximate surface area is 162 Å². The van der Waals surface area contributed by atoms with Gasteiger partial charge in [0.1, 0.15) is 12.3 Å². The summed E-state index contributed by atoms with van der Waals surface area (Å²) in [5, 5.41) is 5.41. The van der Waals surface area contributed by atoms with Gasteiger partial charge in [0.15, 0.2) is 0 Å². The molecular weight excluding hydrogens is 348 g/mol. The average Bonchev–Trinajstić information content (AvgIpc) is 2.66. The van der Waals surface area contributed by atoms with Crippen LogP contribution in [0.5, 0.6) is 0 Å². The lowest BCUT2D eigenvalue weighted by molar-refractivity contribution is -0.131. The van der Waals surface area contributed by atoms with Gasteiger partial charge in [-0.2, -0.15) is 0 Å². The van der Waals surface area contributed by atoms with Crippen LogP contribution < -0.4 is 33.6 Å². The molecule has 9 nitrogen and oxygen atoms in total. The molecule has 10 N–H and O–H groups in total. The molecule has 0 aromatic heterocycles. The Balaban J connectivity index is 4.72. The van der Waals surface area contributed by atoms with Crippen LogP contribution in [-0.2, 0) is 14.4 Å². The van der Waals surface area contributed by atoms with Gasteiger partial charge in [-0.3, -0.25) is 9.59 Å². The third kappa shape index (κ3) is 12.5. The number of carbonyl (C=O) groups excluding carboxylic acids is 3. The number of amides is 2. The van der Waals surface area contributed by atoms with Crippen molar-refractivity contribution < 1.29 is 14.4 Å². The third-order valence-corrected chi connectivity index (χ3v) is 4.35. The van der Waals surface area contributed by atoms with Gasteiger partial charge in [0.25, 0.3) is 0 Å². The standard InChI is InChI=1S/C18H38N6O3/c19-10-4-1-7-14(13-25)23-18(27)16(9-3-6-12-21)24-17(26)15(22)8-2-5-11-20/h13-16H,1-12,19-22H2,(H,23,27)(H,24,26). The number of hydrogen-bond donors (Lipinski definition) is 6. The fraction of sp³-hybridized carbons (Fsp3) is 0.833. The van der Waals surface area contributed by atoms with Gasteiger partial charge >= 0.3 is 0 Å². The van der Waals surface area contributed by atoms with Gasteiger partial charge in [-0.25, -0.2) is 0 Å². The molecule has 27 heavy (non-hydrogen) atoms. The van der Waals surface area contributed by atoms with E-state index in [-0.39, 0.29) is 11.8 Å². The first-order valence-electron chi connectivity index (χ1n) is 9.91. The fourth-order valence-corrected chi connectivity index (χ4v) is 2.65. The highest BCUT2D eigenvalue weighted by molar-refractivity contribution is 5.90. The average molecular weight is 387 g/mol. The minimum Gasteiger partial charge on any atom is -0.345 e. The fourth-order valence-electron chi connectivity index (χ4n) is 2.65. The molecule has 0 aliphatic rings. The minimum atomic E-state index is -0.735. The molecule has 0 rings (SSSR count). The highest BCUT2D eigenvalue weighted by Crippen LogP contribution is 2.05. The van der Waals surface area contributed by atoms with Crippen LogP contribution in [0.3, 0.4) is 0 Å². The quantitative estimate of drug-likeness (QED) is 0.135. The second-order valence-electron chi connectivity index (χ2n) is 6.77. The molecule has 0 fully saturated rings. The first-order chi connectivity index (χ1) is 13.0. The van der Waals surface area contributed by atoms with E-state index in [0.29, 0.717) is 51.6 Å². The number of nitrogens with one attached hydrogen (secondary N) is 2. The van der Waals surface area contributed by atoms with Crippen LogP contribution in [0.2, 0.25) is 0 Å². The first-order valence-corrected chi connectivity index (χ1v) is 9.91. The molecule has 0 radical (unpaired) electrons. The number of aldehydes is 1. The van der Waals surface area contributed by atoms with Crippen LogP contribution in [-0.4, -0.2) is 55.9 Å². The smallest absolute Gasteiger partial charge is 0.243 e. The number of nitrogens with two attached hydrogens (primary N) is 4. The predicted molar refractivity (Wildman–Crippen MR) is 107 cm³/mol. The number of hydrogen-bond acceptors (Lipinski definition) is 7. The van der Waals surface area contributed by atoms with E-state index < -0.39 is 18.1 Å². The maximum Gasteiger partial charge on any atom is 0.243 e. The van der Waals surface area contributed by atoms with Crippen molar-refractivity contribution in [3.8, 4) is 0 Å². The topological polar surface area (TPSA) is 179 Å². The number of rotatable bonds is 17. The molecule has 0 saturated heterocycles. The van der Waals surface area contributed by atoms with Crippen molar-refractivity contribution in [2.75, 3.05) is 19.6 Å². The highest BCUT2D eigenvalue weighted by atomic mass is 16.2. The zero-order valence-corrected chi connectivity index (χ0v) is 16.3. The van der Waals surface area contributed by atoms with E-state index in [1.165, 1.54) is 0 Å². The Morgan fingerprint density at radius 2 is 1.26 bits per heavy atom. The summed E-state index contributed by atoms with van der Waals surface area (Å²) in [6.45, 7) is 1.60. The molecule has 9 heteroatoms. The van der Waals surface area contributed by atoms with Gasteiger partial charge in [0.05, 0.1) is 12.1 Å². The zero-order valence-electron chi connectivity index (χ0n) is 16.3. The second-order valence-corrected chi connectivity index (χ2v) is 6.77. The SMILES string of the molecule is NCCCCC(C=O)NC(=O)C(CCCCN)NC(=O)C(N)CCCCN. The van der Waals surface area contributed by atoms with E-state index in [4.69, 9.17) is 22.9 Å². The van der Waals surface area contributed by atoms with Gasteiger partial charge in [-0.05, 0) is 71.0 Å². The Morgan fingerprint density at radius 3 is 1.78 bits per heavy atom. The van der Waals surface area contributed by atoms with Crippen LogP contribution in [0.1, 0.15) is 57.8 Å². The van der Waals surface area contributed by atoms with Crippen LogP contribution in [0.25, 0.3) is 0 Å². The molecule has 3 atom stereocenters. The van der Waals surface area contributed by atoms with Crippen molar-refractivity contribution in [1.29, 1.82) is 0 Å². The van der Waals surface area contributed by atoms with Crippen molar-refractivity contribution in [3.05, 3.63) is 0 Å². The van der Waals surface area contributed by atoms with Gasteiger partial charge < -0.3 is 38.4 Å². The molecule has 0 bridgehead atoms. The Kier molecular flexibility index (Phi) is 15.7. The number of unbranched alkanes of at least 4 members (excludes halogenated alkanes) is 3. The van der Waals surface area contributed by atoms with E-state index in [0.717, 1.165) is 32.1 Å². The lowest BCUT2D eigenvalue weighted by atomic mass is 10.0. The summed E-state index contributed by atoms with van der Waals surface area (Å²) in [7, 11) is 0. The lowest BCUT2D eigenvalue weighted by Crippen LogP contribution is -2.53. The van der Waals surface area contributed by atoms with Gasteiger partial charge in [0, 0.05) is 0 Å². The summed E-state index contributed by atoms with van der Waals surface area (Å²) < 4.78 is 0. The molecule has 158 valence electrons. The van der Waals surface area contributed by atoms with Crippen LogP contribution in [0.4, 0.5) is 0 Å². The van der Waals surface area contributed by atoms with Crippen LogP contribution in [0.15, 0.2) is 0 Å². The maximum absolute atomic E-state index is 12.6. The Morgan fingerprint density at radius 1 is 0.741 bits per heavy atom. The Hall–Kier alpha value is -1.55. The molecule has 0 aliphatic carbocycles. The van der Waals surface area contributed by atoms with E-state index >= 15 is 0 Å². The molecule has 2 amide bonds. The molecule has 3 unspecified atom stereocenters. The molecular formula is C18H38N6O3. The summed E-state index contributed by atoms with van der Waals surface area (Å²) in [6, 6.07) is -2.01. The first kappa shape index (κ1) is 25.4. The van der Waals surface area contributed by atoms with Crippen molar-refractivity contribution in [1.82, 2.24) is 10.6 Å². The van der Waals surface area contributed by atoms with E-state index in [9.17, 15) is 14.4 Å². The minimum absolute atomic E-state index is 0.370. The Bertz CT molecular complexity index is 422. The van der Waals surface area contributed by atoms with Crippen molar-refractivity contribution in [3.63, 3.8) is 0 Å². The van der Waals surface area contributed by atoms with Crippen molar-refractivity contribution >= 4 is 18.1 Å². The molecule has 0 aromatic rings. The van der Waals surface area contributed by atoms with E-state index in [1.807, 2.05) is 0 Å². The van der Waals surface area contributed by atoms with Crippen LogP contribution >= 0.6 is 0 Å². The predicted octanol–water partition coefficient (Wildman–Crippen LogP) is -1.13. The van der Waals surface area contributed by atoms with Crippen molar-refractivity contribution in [2.45, 2.75) is 75.9 Å². The third-order valence-electron chi connectivity index (χ3n) is 4.35. The summed E-state index contributed by atoms with van der Waals surface area (Å²) in [5.41, 5.74) is 22.3. The van der Waals surface area contributed by atoms with Gasteiger partial charge in [-0.15, -0.1) is 0 Å². The van der Waals surface area contributed by atoms with E-state index in [1.54, 1.807) is 0 Å². The summed E-state index contributed by atoms with van der Waals surface area (Å²) in [5.74, 6) is -0.745. The highest BCUT2D eigenvalue weighted by Gasteiger charge is 2.25. The summed E-state index contributed by atoms with van der Waals surface area (Å²) in [6.07, 6.45) is 6.71. The molecule has 0 saturated carbocycles. The van der Waals surface area contributed by atoms with Gasteiger partial charge in [0.2, 0.25) is 11.8 Å². The van der Waals surface area contributed by atoms with Crippen LogP contribution in [0, 0.1) is 0 Å². The monoisotopic (exact) mass is 386 g/mol. The zero-order chi connectivity index (χ0) is 20.5. The molecule has 0 heterocycles. The molecule has 0 aromatic carbocycles. The maximum atomic E-state index is 12.6. The molecule has 0 aliphatic heterocycles. The lowest BCUT2D eigenvalue weighted by Gasteiger charge is -2.22. The van der Waals surface area contributed by atoms with Crippen molar-refractivity contribution in [2.24, 2.45) is 22.9 Å². The second kappa shape index (κ2) is 16.6. The largest absolute Gasteiger partial charge is 0.345 e. The molecule has 0 spiro atoms. The van der Waals surface area contributed by atoms with E-state index in [2.05, 4.69) is 10.6 Å². The summed E-state index contributed by atoms with van der Waals surface area (Å²) >= 11 is 0. The normalized spacial score (nSPS) is 14.2. The number of carbonyl (C=O) groups is 3.